The van der Waals surface area contributed by atoms with Crippen LogP contribution in [0.2, 0.25) is 0 Å². The summed E-state index contributed by atoms with van der Waals surface area (Å²) in [5.41, 5.74) is 11.8. The van der Waals surface area contributed by atoms with Crippen molar-refractivity contribution < 1.29 is 0 Å². The maximum Gasteiger partial charge on any atom is 0.278 e. The molecule has 1 aliphatic rings. The van der Waals surface area contributed by atoms with Crippen LogP contribution in [0.15, 0.2) is 4.79 Å². The van der Waals surface area contributed by atoms with Crippen LogP contribution in [0.1, 0.15) is 25.1 Å². The van der Waals surface area contributed by atoms with Gasteiger partial charge < -0.3 is 16.5 Å². The Morgan fingerprint density at radius 2 is 2.06 bits per heavy atom. The summed E-state index contributed by atoms with van der Waals surface area (Å²) in [5, 5.41) is 0. The van der Waals surface area contributed by atoms with Crippen LogP contribution in [0.5, 0.6) is 0 Å². The third-order valence-corrected chi connectivity index (χ3v) is 3.30. The average Bonchev–Trinajstić information content (AvgIpc) is 2.58. The van der Waals surface area contributed by atoms with Crippen molar-refractivity contribution in [3.8, 4) is 0 Å². The fourth-order valence-corrected chi connectivity index (χ4v) is 2.20. The first kappa shape index (κ1) is 10.3. The molecule has 7 heteroatoms. The average molecular weight is 234 g/mol. The molecule has 1 saturated carbocycles. The number of nitrogen functional groups attached to an aromatic ring is 1. The molecular formula is C10H14N6O. The number of hydrogen-bond donors (Lipinski definition) is 4. The SMILES string of the molecule is Nc1nc2nc(CC3(N)CCC3)[nH]c2c(=O)[nH]1. The summed E-state index contributed by atoms with van der Waals surface area (Å²) in [5.74, 6) is 0.775. The highest BCUT2D eigenvalue weighted by molar-refractivity contribution is 5.70. The van der Waals surface area contributed by atoms with Crippen LogP contribution < -0.4 is 17.0 Å². The van der Waals surface area contributed by atoms with Gasteiger partial charge in [-0.1, -0.05) is 0 Å². The highest BCUT2D eigenvalue weighted by Gasteiger charge is 2.33. The Morgan fingerprint density at radius 1 is 1.29 bits per heavy atom. The van der Waals surface area contributed by atoms with Crippen molar-refractivity contribution >= 4 is 17.1 Å². The Hall–Kier alpha value is -1.89. The van der Waals surface area contributed by atoms with Gasteiger partial charge in [-0.05, 0) is 19.3 Å². The third kappa shape index (κ3) is 1.68. The standard InChI is InChI=1S/C10H14N6O/c11-9-15-7-6(8(17)16-9)13-5(14-7)4-10(12)2-1-3-10/h1-4,12H2,(H4,11,13,14,15,16,17). The highest BCUT2D eigenvalue weighted by Crippen LogP contribution is 2.31. The predicted molar refractivity (Wildman–Crippen MR) is 63.4 cm³/mol. The molecule has 1 aliphatic carbocycles. The van der Waals surface area contributed by atoms with E-state index in [1.54, 1.807) is 0 Å². The summed E-state index contributed by atoms with van der Waals surface area (Å²) < 4.78 is 0. The minimum absolute atomic E-state index is 0.0756. The van der Waals surface area contributed by atoms with Crippen LogP contribution in [0, 0.1) is 0 Å². The topological polar surface area (TPSA) is 126 Å². The largest absolute Gasteiger partial charge is 0.369 e. The summed E-state index contributed by atoms with van der Waals surface area (Å²) >= 11 is 0. The molecule has 0 spiro atoms. The molecule has 7 nitrogen and oxygen atoms in total. The highest BCUT2D eigenvalue weighted by atomic mass is 16.1. The number of fused-ring (bicyclic) bond motifs is 1. The summed E-state index contributed by atoms with van der Waals surface area (Å²) in [4.78, 5) is 25.2. The first-order valence-corrected chi connectivity index (χ1v) is 5.59. The molecule has 0 amide bonds. The fourth-order valence-electron chi connectivity index (χ4n) is 2.20. The number of nitrogens with one attached hydrogen (secondary N) is 2. The zero-order valence-electron chi connectivity index (χ0n) is 9.29. The summed E-state index contributed by atoms with van der Waals surface area (Å²) in [6.45, 7) is 0. The van der Waals surface area contributed by atoms with Gasteiger partial charge in [0, 0.05) is 12.0 Å². The second-order valence-electron chi connectivity index (χ2n) is 4.73. The zero-order chi connectivity index (χ0) is 12.0. The van der Waals surface area contributed by atoms with Crippen LogP contribution in [-0.2, 0) is 6.42 Å². The monoisotopic (exact) mass is 234 g/mol. The first-order chi connectivity index (χ1) is 8.06. The lowest BCUT2D eigenvalue weighted by molar-refractivity contribution is 0.244. The van der Waals surface area contributed by atoms with Crippen molar-refractivity contribution in [1.82, 2.24) is 19.9 Å². The molecule has 0 atom stereocenters. The normalized spacial score (nSPS) is 18.2. The summed E-state index contributed by atoms with van der Waals surface area (Å²) in [6, 6.07) is 0. The maximum atomic E-state index is 11.6. The Balaban J connectivity index is 2.02. The van der Waals surface area contributed by atoms with Crippen molar-refractivity contribution in [2.75, 3.05) is 5.73 Å². The van der Waals surface area contributed by atoms with Crippen LogP contribution in [0.25, 0.3) is 11.2 Å². The number of imidazole rings is 1. The number of rotatable bonds is 2. The van der Waals surface area contributed by atoms with E-state index in [0.29, 0.717) is 23.4 Å². The molecule has 0 bridgehead atoms. The van der Waals surface area contributed by atoms with Crippen LogP contribution >= 0.6 is 0 Å². The molecule has 2 heterocycles. The van der Waals surface area contributed by atoms with Crippen molar-refractivity contribution in [3.63, 3.8) is 0 Å². The van der Waals surface area contributed by atoms with Crippen molar-refractivity contribution in [2.24, 2.45) is 5.73 Å². The van der Waals surface area contributed by atoms with Crippen LogP contribution in [0.3, 0.4) is 0 Å². The van der Waals surface area contributed by atoms with Crippen molar-refractivity contribution in [3.05, 3.63) is 16.2 Å². The molecule has 0 radical (unpaired) electrons. The first-order valence-electron chi connectivity index (χ1n) is 5.59. The van der Waals surface area contributed by atoms with E-state index in [4.69, 9.17) is 11.5 Å². The van der Waals surface area contributed by atoms with Gasteiger partial charge in [0.25, 0.3) is 5.56 Å². The van der Waals surface area contributed by atoms with Gasteiger partial charge in [-0.3, -0.25) is 9.78 Å². The minimum atomic E-state index is -0.300. The molecule has 0 unspecified atom stereocenters. The number of aromatic nitrogens is 4. The summed E-state index contributed by atoms with van der Waals surface area (Å²) in [6.07, 6.45) is 3.79. The van der Waals surface area contributed by atoms with Gasteiger partial charge in [0.15, 0.2) is 11.2 Å². The smallest absolute Gasteiger partial charge is 0.278 e. The molecule has 0 aliphatic heterocycles. The third-order valence-electron chi connectivity index (χ3n) is 3.30. The predicted octanol–water partition coefficient (Wildman–Crippen LogP) is -0.348. The van der Waals surface area contributed by atoms with E-state index in [9.17, 15) is 4.79 Å². The van der Waals surface area contributed by atoms with Gasteiger partial charge in [-0.2, -0.15) is 4.98 Å². The molecule has 1 fully saturated rings. The van der Waals surface area contributed by atoms with Gasteiger partial charge >= 0.3 is 0 Å². The lowest BCUT2D eigenvalue weighted by atomic mass is 9.75. The van der Waals surface area contributed by atoms with E-state index in [-0.39, 0.29) is 17.0 Å². The Kier molecular flexibility index (Phi) is 1.99. The lowest BCUT2D eigenvalue weighted by Gasteiger charge is -2.37. The molecular weight excluding hydrogens is 220 g/mol. The van der Waals surface area contributed by atoms with E-state index < -0.39 is 0 Å². The summed E-state index contributed by atoms with van der Waals surface area (Å²) in [7, 11) is 0. The second-order valence-corrected chi connectivity index (χ2v) is 4.73. The number of H-pyrrole nitrogens is 2. The molecule has 2 aromatic heterocycles. The molecule has 90 valence electrons. The van der Waals surface area contributed by atoms with Gasteiger partial charge in [0.2, 0.25) is 5.95 Å². The molecule has 17 heavy (non-hydrogen) atoms. The van der Waals surface area contributed by atoms with Gasteiger partial charge in [0.05, 0.1) is 0 Å². The van der Waals surface area contributed by atoms with E-state index >= 15 is 0 Å². The number of hydrogen-bond acceptors (Lipinski definition) is 5. The molecule has 6 N–H and O–H groups in total. The van der Waals surface area contributed by atoms with Crippen LogP contribution in [0.4, 0.5) is 5.95 Å². The van der Waals surface area contributed by atoms with E-state index in [1.807, 2.05) is 0 Å². The van der Waals surface area contributed by atoms with Crippen molar-refractivity contribution in [2.45, 2.75) is 31.2 Å². The quantitative estimate of drug-likeness (QED) is 0.565. The van der Waals surface area contributed by atoms with E-state index in [0.717, 1.165) is 19.3 Å². The minimum Gasteiger partial charge on any atom is -0.369 e. The number of aromatic amines is 2. The molecule has 3 rings (SSSR count). The van der Waals surface area contributed by atoms with E-state index in [1.165, 1.54) is 0 Å². The fraction of sp³-hybridized carbons (Fsp3) is 0.500. The molecule has 0 aromatic carbocycles. The van der Waals surface area contributed by atoms with Gasteiger partial charge in [0.1, 0.15) is 5.82 Å². The van der Waals surface area contributed by atoms with Gasteiger partial charge in [-0.15, -0.1) is 0 Å². The second kappa shape index (κ2) is 3.30. The number of anilines is 1. The van der Waals surface area contributed by atoms with Crippen LogP contribution in [-0.4, -0.2) is 25.5 Å². The molecule has 2 aromatic rings. The Bertz CT molecular complexity index is 623. The van der Waals surface area contributed by atoms with Crippen molar-refractivity contribution in [1.29, 1.82) is 0 Å². The number of nitrogens with zero attached hydrogens (tertiary/aromatic N) is 2. The number of nitrogens with two attached hydrogens (primary N) is 2. The Labute approximate surface area is 96.6 Å². The lowest BCUT2D eigenvalue weighted by Crippen LogP contribution is -2.48. The van der Waals surface area contributed by atoms with E-state index in [2.05, 4.69) is 19.9 Å². The zero-order valence-corrected chi connectivity index (χ0v) is 9.29. The van der Waals surface area contributed by atoms with Gasteiger partial charge in [-0.25, -0.2) is 4.98 Å². The maximum absolute atomic E-state index is 11.6. The Morgan fingerprint density at radius 3 is 2.71 bits per heavy atom. The molecule has 0 saturated heterocycles.